The fourth-order valence-corrected chi connectivity index (χ4v) is 2.67. The standard InChI is InChI=1S/C14H22N4O3/c1-9-12(10(2)21-16-9)14(20)18-6-5-17(4)7-11(8-18)13(19)15-3/h11H,5-8H2,1-4H3,(H,15,19)/t11-/m1/s1. The first kappa shape index (κ1) is 15.5. The van der Waals surface area contributed by atoms with Crippen molar-refractivity contribution >= 4 is 11.8 Å². The zero-order valence-corrected chi connectivity index (χ0v) is 13.0. The van der Waals surface area contributed by atoms with Crippen molar-refractivity contribution in [1.29, 1.82) is 0 Å². The summed E-state index contributed by atoms with van der Waals surface area (Å²) >= 11 is 0. The third kappa shape index (κ3) is 3.24. The van der Waals surface area contributed by atoms with E-state index in [4.69, 9.17) is 4.52 Å². The van der Waals surface area contributed by atoms with Crippen molar-refractivity contribution in [2.45, 2.75) is 13.8 Å². The summed E-state index contributed by atoms with van der Waals surface area (Å²) in [7, 11) is 3.58. The lowest BCUT2D eigenvalue weighted by atomic mass is 10.1. The van der Waals surface area contributed by atoms with Crippen LogP contribution in [0, 0.1) is 19.8 Å². The van der Waals surface area contributed by atoms with Crippen molar-refractivity contribution in [3.8, 4) is 0 Å². The normalized spacial score (nSPS) is 20.2. The van der Waals surface area contributed by atoms with Gasteiger partial charge in [0.25, 0.3) is 5.91 Å². The third-order valence-corrected chi connectivity index (χ3v) is 3.88. The summed E-state index contributed by atoms with van der Waals surface area (Å²) in [5, 5.41) is 6.49. The van der Waals surface area contributed by atoms with E-state index in [-0.39, 0.29) is 17.7 Å². The SMILES string of the molecule is CNC(=O)[C@@H]1CN(C)CCN(C(=O)c2c(C)noc2C)C1. The Balaban J connectivity index is 2.22. The number of hydrogen-bond acceptors (Lipinski definition) is 5. The molecule has 7 nitrogen and oxygen atoms in total. The van der Waals surface area contributed by atoms with Crippen LogP contribution in [0.2, 0.25) is 0 Å². The first-order valence-electron chi connectivity index (χ1n) is 7.06. The topological polar surface area (TPSA) is 78.7 Å². The smallest absolute Gasteiger partial charge is 0.259 e. The van der Waals surface area contributed by atoms with Crippen LogP contribution < -0.4 is 5.32 Å². The average molecular weight is 294 g/mol. The first-order chi connectivity index (χ1) is 9.93. The molecule has 1 saturated heterocycles. The minimum atomic E-state index is -0.230. The van der Waals surface area contributed by atoms with Gasteiger partial charge in [-0.1, -0.05) is 5.16 Å². The number of carbonyl (C=O) groups excluding carboxylic acids is 2. The van der Waals surface area contributed by atoms with Gasteiger partial charge >= 0.3 is 0 Å². The van der Waals surface area contributed by atoms with Crippen molar-refractivity contribution in [3.05, 3.63) is 17.0 Å². The minimum absolute atomic E-state index is 0.0414. The van der Waals surface area contributed by atoms with Crippen molar-refractivity contribution in [1.82, 2.24) is 20.3 Å². The molecule has 1 aromatic heterocycles. The predicted molar refractivity (Wildman–Crippen MR) is 76.9 cm³/mol. The molecule has 0 spiro atoms. The first-order valence-corrected chi connectivity index (χ1v) is 7.06. The maximum absolute atomic E-state index is 12.7. The second-order valence-corrected chi connectivity index (χ2v) is 5.52. The quantitative estimate of drug-likeness (QED) is 0.833. The van der Waals surface area contributed by atoms with Gasteiger partial charge in [0.15, 0.2) is 0 Å². The van der Waals surface area contributed by atoms with Gasteiger partial charge in [0, 0.05) is 33.2 Å². The molecule has 116 valence electrons. The van der Waals surface area contributed by atoms with Crippen molar-refractivity contribution < 1.29 is 14.1 Å². The van der Waals surface area contributed by atoms with Gasteiger partial charge in [0.1, 0.15) is 11.3 Å². The molecular formula is C14H22N4O3. The average Bonchev–Trinajstić information content (AvgIpc) is 2.67. The Hall–Kier alpha value is -1.89. The highest BCUT2D eigenvalue weighted by molar-refractivity contribution is 5.96. The van der Waals surface area contributed by atoms with Gasteiger partial charge in [0.05, 0.1) is 11.6 Å². The van der Waals surface area contributed by atoms with Crippen LogP contribution in [0.15, 0.2) is 4.52 Å². The molecule has 1 aliphatic rings. The molecule has 0 bridgehead atoms. The monoisotopic (exact) mass is 294 g/mol. The van der Waals surface area contributed by atoms with Crippen molar-refractivity contribution in [3.63, 3.8) is 0 Å². The van der Waals surface area contributed by atoms with E-state index in [2.05, 4.69) is 15.4 Å². The summed E-state index contributed by atoms with van der Waals surface area (Å²) < 4.78 is 5.07. The van der Waals surface area contributed by atoms with Gasteiger partial charge < -0.3 is 19.6 Å². The third-order valence-electron chi connectivity index (χ3n) is 3.88. The van der Waals surface area contributed by atoms with E-state index in [1.165, 1.54) is 0 Å². The van der Waals surface area contributed by atoms with E-state index in [9.17, 15) is 9.59 Å². The molecule has 1 N–H and O–H groups in total. The molecule has 1 aliphatic heterocycles. The van der Waals surface area contributed by atoms with Gasteiger partial charge in [0.2, 0.25) is 5.91 Å². The maximum Gasteiger partial charge on any atom is 0.259 e. The molecule has 1 fully saturated rings. The molecular weight excluding hydrogens is 272 g/mol. The molecule has 2 amide bonds. The summed E-state index contributed by atoms with van der Waals surface area (Å²) in [6, 6.07) is 0. The number of nitrogens with one attached hydrogen (secondary N) is 1. The summed E-state index contributed by atoms with van der Waals surface area (Å²) in [6.07, 6.45) is 0. The van der Waals surface area contributed by atoms with Crippen LogP contribution in [-0.4, -0.2) is 67.0 Å². The van der Waals surface area contributed by atoms with E-state index in [0.717, 1.165) is 6.54 Å². The van der Waals surface area contributed by atoms with Crippen LogP contribution in [0.25, 0.3) is 0 Å². The minimum Gasteiger partial charge on any atom is -0.361 e. The molecule has 0 aromatic carbocycles. The number of likely N-dealkylation sites (N-methyl/N-ethyl adjacent to an activating group) is 1. The molecule has 2 heterocycles. The molecule has 0 saturated carbocycles. The van der Waals surface area contributed by atoms with Crippen LogP contribution >= 0.6 is 0 Å². The molecule has 0 unspecified atom stereocenters. The van der Waals surface area contributed by atoms with E-state index in [1.807, 2.05) is 7.05 Å². The van der Waals surface area contributed by atoms with Crippen LogP contribution in [0.5, 0.6) is 0 Å². The largest absolute Gasteiger partial charge is 0.361 e. The zero-order chi connectivity index (χ0) is 15.6. The lowest BCUT2D eigenvalue weighted by molar-refractivity contribution is -0.125. The molecule has 1 atom stereocenters. The predicted octanol–water partition coefficient (Wildman–Crippen LogP) is 0.0412. The highest BCUT2D eigenvalue weighted by Crippen LogP contribution is 2.18. The fourth-order valence-electron chi connectivity index (χ4n) is 2.67. The van der Waals surface area contributed by atoms with Crippen LogP contribution in [-0.2, 0) is 4.79 Å². The fraction of sp³-hybridized carbons (Fsp3) is 0.643. The van der Waals surface area contributed by atoms with Gasteiger partial charge in [-0.05, 0) is 20.9 Å². The molecule has 0 aliphatic carbocycles. The number of nitrogens with zero attached hydrogens (tertiary/aromatic N) is 3. The number of hydrogen-bond donors (Lipinski definition) is 1. The second-order valence-electron chi connectivity index (χ2n) is 5.52. The Morgan fingerprint density at radius 1 is 1.29 bits per heavy atom. The van der Waals surface area contributed by atoms with E-state index >= 15 is 0 Å². The highest BCUT2D eigenvalue weighted by Gasteiger charge is 2.31. The number of rotatable bonds is 2. The lowest BCUT2D eigenvalue weighted by Crippen LogP contribution is -2.41. The van der Waals surface area contributed by atoms with Crippen molar-refractivity contribution in [2.24, 2.45) is 5.92 Å². The van der Waals surface area contributed by atoms with Crippen LogP contribution in [0.3, 0.4) is 0 Å². The zero-order valence-electron chi connectivity index (χ0n) is 13.0. The summed E-state index contributed by atoms with van der Waals surface area (Å²) in [6.45, 7) is 5.87. The Bertz CT molecular complexity index is 521. The van der Waals surface area contributed by atoms with Gasteiger partial charge in [-0.2, -0.15) is 0 Å². The van der Waals surface area contributed by atoms with Crippen molar-refractivity contribution in [2.75, 3.05) is 40.3 Å². The van der Waals surface area contributed by atoms with Gasteiger partial charge in [-0.3, -0.25) is 9.59 Å². The Kier molecular flexibility index (Phi) is 4.62. The Morgan fingerprint density at radius 3 is 2.57 bits per heavy atom. The number of aromatic nitrogens is 1. The summed E-state index contributed by atoms with van der Waals surface area (Å²) in [4.78, 5) is 28.4. The van der Waals surface area contributed by atoms with Gasteiger partial charge in [-0.15, -0.1) is 0 Å². The number of aryl methyl sites for hydroxylation is 2. The molecule has 2 rings (SSSR count). The highest BCUT2D eigenvalue weighted by atomic mass is 16.5. The Labute approximate surface area is 124 Å². The lowest BCUT2D eigenvalue weighted by Gasteiger charge is -2.23. The molecule has 0 radical (unpaired) electrons. The van der Waals surface area contributed by atoms with Crippen LogP contribution in [0.4, 0.5) is 0 Å². The van der Waals surface area contributed by atoms with E-state index in [0.29, 0.717) is 36.7 Å². The number of amides is 2. The van der Waals surface area contributed by atoms with Gasteiger partial charge in [-0.25, -0.2) is 0 Å². The second kappa shape index (κ2) is 6.26. The molecule has 1 aromatic rings. The Morgan fingerprint density at radius 2 is 2.00 bits per heavy atom. The van der Waals surface area contributed by atoms with E-state index < -0.39 is 0 Å². The summed E-state index contributed by atoms with van der Waals surface area (Å²) in [5.74, 6) is 0.134. The maximum atomic E-state index is 12.7. The summed E-state index contributed by atoms with van der Waals surface area (Å²) in [5.41, 5.74) is 1.10. The molecule has 21 heavy (non-hydrogen) atoms. The number of carbonyl (C=O) groups is 2. The molecule has 7 heteroatoms. The van der Waals surface area contributed by atoms with E-state index in [1.54, 1.807) is 25.8 Å². The van der Waals surface area contributed by atoms with Crippen LogP contribution in [0.1, 0.15) is 21.8 Å².